The molecular formula is C15H23ClF2N2O. The average molecular weight is 321 g/mol. The van der Waals surface area contributed by atoms with Crippen molar-refractivity contribution in [2.24, 2.45) is 5.73 Å². The Morgan fingerprint density at radius 1 is 1.33 bits per heavy atom. The van der Waals surface area contributed by atoms with Crippen molar-refractivity contribution in [2.75, 3.05) is 13.1 Å². The molecule has 1 aromatic carbocycles. The third-order valence-corrected chi connectivity index (χ3v) is 3.29. The number of halogens is 3. The summed E-state index contributed by atoms with van der Waals surface area (Å²) in [6.45, 7) is 2.51. The summed E-state index contributed by atoms with van der Waals surface area (Å²) in [7, 11) is 0. The monoisotopic (exact) mass is 320 g/mol. The van der Waals surface area contributed by atoms with Crippen LogP contribution in [0.4, 0.5) is 8.78 Å². The number of nitrogens with two attached hydrogens (primary N) is 1. The number of carbonyl (C=O) groups excluding carboxylic acids is 1. The molecule has 3 N–H and O–H groups in total. The van der Waals surface area contributed by atoms with Crippen LogP contribution in [0.3, 0.4) is 0 Å². The van der Waals surface area contributed by atoms with E-state index in [1.165, 1.54) is 5.56 Å². The molecule has 0 aromatic heterocycles. The van der Waals surface area contributed by atoms with Crippen LogP contribution < -0.4 is 11.1 Å². The number of hydrogen-bond donors (Lipinski definition) is 2. The molecule has 120 valence electrons. The first kappa shape index (κ1) is 19.8. The zero-order valence-electron chi connectivity index (χ0n) is 12.4. The summed E-state index contributed by atoms with van der Waals surface area (Å²) in [5.74, 6) is -3.43. The summed E-state index contributed by atoms with van der Waals surface area (Å²) in [6, 6.07) is 8.00. The van der Waals surface area contributed by atoms with Crippen LogP contribution in [0.2, 0.25) is 0 Å². The number of hydrogen-bond acceptors (Lipinski definition) is 2. The molecule has 0 aliphatic rings. The van der Waals surface area contributed by atoms with E-state index in [-0.39, 0.29) is 30.7 Å². The highest BCUT2D eigenvalue weighted by Crippen LogP contribution is 2.19. The minimum absolute atomic E-state index is 0. The van der Waals surface area contributed by atoms with Gasteiger partial charge in [0.15, 0.2) is 0 Å². The minimum Gasteiger partial charge on any atom is -0.350 e. The Morgan fingerprint density at radius 2 is 1.90 bits per heavy atom. The highest BCUT2D eigenvalue weighted by molar-refractivity contribution is 5.85. The maximum Gasteiger partial charge on any atom is 0.277 e. The van der Waals surface area contributed by atoms with E-state index in [1.807, 2.05) is 31.2 Å². The molecule has 0 heterocycles. The summed E-state index contributed by atoms with van der Waals surface area (Å²) < 4.78 is 25.8. The summed E-state index contributed by atoms with van der Waals surface area (Å²) in [4.78, 5) is 11.6. The third-order valence-electron chi connectivity index (χ3n) is 3.29. The Balaban J connectivity index is 0.00000400. The van der Waals surface area contributed by atoms with Gasteiger partial charge in [0.25, 0.3) is 5.92 Å². The molecule has 0 spiro atoms. The summed E-state index contributed by atoms with van der Waals surface area (Å²) in [5, 5.41) is 2.23. The largest absolute Gasteiger partial charge is 0.350 e. The first-order valence-corrected chi connectivity index (χ1v) is 6.81. The normalized spacial score (nSPS) is 12.4. The molecule has 0 bridgehead atoms. The Bertz CT molecular complexity index is 438. The second kappa shape index (κ2) is 8.95. The van der Waals surface area contributed by atoms with Crippen molar-refractivity contribution in [2.45, 2.75) is 38.5 Å². The Kier molecular flexibility index (Phi) is 8.44. The van der Waals surface area contributed by atoms with Crippen LogP contribution >= 0.6 is 12.4 Å². The van der Waals surface area contributed by atoms with Gasteiger partial charge in [0.05, 0.1) is 13.1 Å². The van der Waals surface area contributed by atoms with Gasteiger partial charge in [-0.25, -0.2) is 8.78 Å². The molecule has 6 heteroatoms. The zero-order chi connectivity index (χ0) is 15.2. The molecule has 1 amide bonds. The molecule has 1 rings (SSSR count). The summed E-state index contributed by atoms with van der Waals surface area (Å²) in [5.41, 5.74) is 7.17. The lowest BCUT2D eigenvalue weighted by Crippen LogP contribution is -2.41. The van der Waals surface area contributed by atoms with E-state index < -0.39 is 19.0 Å². The van der Waals surface area contributed by atoms with Gasteiger partial charge in [-0.3, -0.25) is 4.79 Å². The Hall–Kier alpha value is -1.20. The molecule has 0 saturated heterocycles. The molecule has 0 aliphatic heterocycles. The topological polar surface area (TPSA) is 55.1 Å². The van der Waals surface area contributed by atoms with Crippen LogP contribution in [-0.4, -0.2) is 24.9 Å². The molecule has 0 saturated carbocycles. The standard InChI is InChI=1S/C15H22F2N2O.ClH/c1-3-12-4-6-13(7-5-12)11(2)8-14(20)19-10-15(16,17)9-18;/h4-7,11H,3,8-10,18H2,1-2H3,(H,19,20);1H. The number of rotatable bonds is 7. The lowest BCUT2D eigenvalue weighted by atomic mass is 9.96. The van der Waals surface area contributed by atoms with Gasteiger partial charge in [0.2, 0.25) is 5.91 Å². The molecule has 1 unspecified atom stereocenters. The lowest BCUT2D eigenvalue weighted by molar-refractivity contribution is -0.123. The van der Waals surface area contributed by atoms with Crippen molar-refractivity contribution < 1.29 is 13.6 Å². The van der Waals surface area contributed by atoms with Crippen molar-refractivity contribution in [1.29, 1.82) is 0 Å². The molecule has 0 fully saturated rings. The first-order valence-electron chi connectivity index (χ1n) is 6.81. The van der Waals surface area contributed by atoms with Gasteiger partial charge < -0.3 is 11.1 Å². The van der Waals surface area contributed by atoms with E-state index in [2.05, 4.69) is 12.2 Å². The van der Waals surface area contributed by atoms with Crippen LogP contribution in [0.1, 0.15) is 37.3 Å². The average Bonchev–Trinajstić information content (AvgIpc) is 2.45. The fourth-order valence-electron chi connectivity index (χ4n) is 1.85. The molecule has 0 radical (unpaired) electrons. The summed E-state index contributed by atoms with van der Waals surface area (Å²) in [6.07, 6.45) is 1.15. The highest BCUT2D eigenvalue weighted by atomic mass is 35.5. The van der Waals surface area contributed by atoms with Gasteiger partial charge in [-0.2, -0.15) is 0 Å². The van der Waals surface area contributed by atoms with Crippen molar-refractivity contribution in [3.63, 3.8) is 0 Å². The van der Waals surface area contributed by atoms with Crippen molar-refractivity contribution in [1.82, 2.24) is 5.32 Å². The molecule has 3 nitrogen and oxygen atoms in total. The van der Waals surface area contributed by atoms with Gasteiger partial charge in [0, 0.05) is 6.42 Å². The van der Waals surface area contributed by atoms with E-state index in [0.29, 0.717) is 0 Å². The van der Waals surface area contributed by atoms with Gasteiger partial charge >= 0.3 is 0 Å². The van der Waals surface area contributed by atoms with Gasteiger partial charge in [-0.1, -0.05) is 38.1 Å². The van der Waals surface area contributed by atoms with Crippen molar-refractivity contribution >= 4 is 18.3 Å². The minimum atomic E-state index is -3.04. The van der Waals surface area contributed by atoms with Crippen LogP contribution in [0, 0.1) is 0 Å². The molecule has 1 aromatic rings. The van der Waals surface area contributed by atoms with Crippen LogP contribution in [0.5, 0.6) is 0 Å². The SMILES string of the molecule is CCc1ccc(C(C)CC(=O)NCC(F)(F)CN)cc1.Cl. The maximum atomic E-state index is 12.9. The van der Waals surface area contributed by atoms with Gasteiger partial charge in [-0.15, -0.1) is 12.4 Å². The van der Waals surface area contributed by atoms with Crippen molar-refractivity contribution in [3.05, 3.63) is 35.4 Å². The molecular weight excluding hydrogens is 298 g/mol. The third kappa shape index (κ3) is 6.87. The number of aryl methyl sites for hydroxylation is 1. The van der Waals surface area contributed by atoms with Gasteiger partial charge in [-0.05, 0) is 23.5 Å². The molecule has 0 aliphatic carbocycles. The van der Waals surface area contributed by atoms with Crippen LogP contribution in [0.15, 0.2) is 24.3 Å². The molecule has 21 heavy (non-hydrogen) atoms. The highest BCUT2D eigenvalue weighted by Gasteiger charge is 2.27. The predicted octanol–water partition coefficient (Wildman–Crippen LogP) is 2.87. The van der Waals surface area contributed by atoms with E-state index in [0.717, 1.165) is 12.0 Å². The number of alkyl halides is 2. The van der Waals surface area contributed by atoms with Crippen LogP contribution in [-0.2, 0) is 11.2 Å². The zero-order valence-corrected chi connectivity index (χ0v) is 13.2. The Labute approximate surface area is 130 Å². The first-order chi connectivity index (χ1) is 9.38. The number of benzene rings is 1. The Morgan fingerprint density at radius 3 is 2.38 bits per heavy atom. The fraction of sp³-hybridized carbons (Fsp3) is 0.533. The van der Waals surface area contributed by atoms with E-state index in [1.54, 1.807) is 0 Å². The maximum absolute atomic E-state index is 12.9. The van der Waals surface area contributed by atoms with Gasteiger partial charge in [0.1, 0.15) is 0 Å². The molecule has 1 atom stereocenters. The summed E-state index contributed by atoms with van der Waals surface area (Å²) >= 11 is 0. The number of nitrogens with one attached hydrogen (secondary N) is 1. The van der Waals surface area contributed by atoms with E-state index in [4.69, 9.17) is 5.73 Å². The quantitative estimate of drug-likeness (QED) is 0.811. The second-order valence-electron chi connectivity index (χ2n) is 5.04. The smallest absolute Gasteiger partial charge is 0.277 e. The number of carbonyl (C=O) groups is 1. The van der Waals surface area contributed by atoms with E-state index in [9.17, 15) is 13.6 Å². The predicted molar refractivity (Wildman–Crippen MR) is 83.1 cm³/mol. The van der Waals surface area contributed by atoms with Crippen molar-refractivity contribution in [3.8, 4) is 0 Å². The lowest BCUT2D eigenvalue weighted by Gasteiger charge is -2.16. The second-order valence-corrected chi connectivity index (χ2v) is 5.04. The number of amides is 1. The van der Waals surface area contributed by atoms with Crippen LogP contribution in [0.25, 0.3) is 0 Å². The van der Waals surface area contributed by atoms with E-state index >= 15 is 0 Å². The fourth-order valence-corrected chi connectivity index (χ4v) is 1.85.